The number of nitro groups is 1. The minimum Gasteiger partial charge on any atom is -0.358 e. The molecule has 3 heterocycles. The van der Waals surface area contributed by atoms with Gasteiger partial charge in [0.2, 0.25) is 11.8 Å². The maximum atomic E-state index is 13.8. The van der Waals surface area contributed by atoms with Gasteiger partial charge in [0.1, 0.15) is 6.04 Å². The molecule has 0 aromatic heterocycles. The Labute approximate surface area is 210 Å². The van der Waals surface area contributed by atoms with Crippen LogP contribution in [0.2, 0.25) is 5.02 Å². The van der Waals surface area contributed by atoms with Gasteiger partial charge in [-0.3, -0.25) is 24.5 Å². The first-order valence-electron chi connectivity index (χ1n) is 11.3. The van der Waals surface area contributed by atoms with E-state index in [9.17, 15) is 24.5 Å². The molecule has 0 spiro atoms. The molecule has 2 fully saturated rings. The Morgan fingerprint density at radius 2 is 1.64 bits per heavy atom. The van der Waals surface area contributed by atoms with Crippen molar-refractivity contribution in [2.24, 2.45) is 11.8 Å². The molecule has 0 saturated carbocycles. The second-order valence-electron chi connectivity index (χ2n) is 8.99. The molecule has 8 nitrogen and oxygen atoms in total. The Bertz CT molecular complexity index is 1480. The van der Waals surface area contributed by atoms with E-state index >= 15 is 0 Å². The van der Waals surface area contributed by atoms with Crippen LogP contribution in [-0.2, 0) is 9.59 Å². The molecule has 9 heteroatoms. The number of imide groups is 1. The van der Waals surface area contributed by atoms with Gasteiger partial charge < -0.3 is 4.90 Å². The fourth-order valence-corrected chi connectivity index (χ4v) is 5.77. The van der Waals surface area contributed by atoms with Crippen molar-refractivity contribution in [1.29, 1.82) is 0 Å². The van der Waals surface area contributed by atoms with Crippen LogP contribution in [-0.4, -0.2) is 33.5 Å². The highest BCUT2D eigenvalue weighted by Crippen LogP contribution is 2.53. The highest BCUT2D eigenvalue weighted by molar-refractivity contribution is 6.30. The first-order chi connectivity index (χ1) is 17.4. The third kappa shape index (κ3) is 3.18. The predicted molar refractivity (Wildman–Crippen MR) is 132 cm³/mol. The Morgan fingerprint density at radius 1 is 0.917 bits per heavy atom. The zero-order valence-corrected chi connectivity index (χ0v) is 19.4. The van der Waals surface area contributed by atoms with Gasteiger partial charge in [-0.15, -0.1) is 0 Å². The van der Waals surface area contributed by atoms with Gasteiger partial charge in [-0.05, 0) is 47.5 Å². The van der Waals surface area contributed by atoms with Gasteiger partial charge >= 0.3 is 0 Å². The molecule has 3 aromatic rings. The molecule has 0 aliphatic carbocycles. The van der Waals surface area contributed by atoms with Gasteiger partial charge in [-0.2, -0.15) is 0 Å². The van der Waals surface area contributed by atoms with Gasteiger partial charge in [-0.1, -0.05) is 41.9 Å². The second-order valence-corrected chi connectivity index (χ2v) is 9.43. The van der Waals surface area contributed by atoms with Crippen molar-refractivity contribution in [3.8, 4) is 0 Å². The summed E-state index contributed by atoms with van der Waals surface area (Å²) >= 11 is 6.01. The van der Waals surface area contributed by atoms with E-state index < -0.39 is 40.7 Å². The molecule has 4 atom stereocenters. The summed E-state index contributed by atoms with van der Waals surface area (Å²) in [6.45, 7) is 0. The fraction of sp³-hybridized carbons (Fsp3) is 0.148. The summed E-state index contributed by atoms with van der Waals surface area (Å²) in [5, 5.41) is 11.8. The Hall–Kier alpha value is -4.30. The number of halogens is 1. The van der Waals surface area contributed by atoms with Gasteiger partial charge in [0.15, 0.2) is 5.78 Å². The number of hydrogen-bond donors (Lipinski definition) is 0. The van der Waals surface area contributed by atoms with Crippen molar-refractivity contribution in [1.82, 2.24) is 4.90 Å². The van der Waals surface area contributed by atoms with Crippen LogP contribution in [0.3, 0.4) is 0 Å². The first kappa shape index (κ1) is 22.2. The molecule has 178 valence electrons. The van der Waals surface area contributed by atoms with Crippen LogP contribution in [0.15, 0.2) is 79.0 Å². The molecular weight excluding hydrogens is 482 g/mol. The van der Waals surface area contributed by atoms with Crippen LogP contribution in [0.4, 0.5) is 11.4 Å². The predicted octanol–water partition coefficient (Wildman–Crippen LogP) is 4.65. The number of rotatable bonds is 4. The highest BCUT2D eigenvalue weighted by atomic mass is 35.5. The average Bonchev–Trinajstić information content (AvgIpc) is 3.36. The van der Waals surface area contributed by atoms with Crippen molar-refractivity contribution in [2.45, 2.75) is 12.1 Å². The summed E-state index contributed by atoms with van der Waals surface area (Å²) in [5.41, 5.74) is 2.03. The summed E-state index contributed by atoms with van der Waals surface area (Å²) in [5.74, 6) is -3.10. The van der Waals surface area contributed by atoms with Crippen LogP contribution in [0, 0.1) is 22.0 Å². The lowest BCUT2D eigenvalue weighted by Crippen LogP contribution is -2.44. The molecule has 3 aliphatic rings. The van der Waals surface area contributed by atoms with E-state index in [4.69, 9.17) is 11.6 Å². The lowest BCUT2D eigenvalue weighted by Gasteiger charge is -2.35. The quantitative estimate of drug-likeness (QED) is 0.224. The van der Waals surface area contributed by atoms with E-state index in [-0.39, 0.29) is 17.2 Å². The number of non-ortho nitro benzene ring substituents is 1. The number of carbonyl (C=O) groups excluding carboxylic acids is 3. The number of hydrogen-bond acceptors (Lipinski definition) is 6. The number of ketones is 1. The van der Waals surface area contributed by atoms with Gasteiger partial charge in [0, 0.05) is 28.9 Å². The molecule has 2 saturated heterocycles. The van der Waals surface area contributed by atoms with Crippen LogP contribution in [0.5, 0.6) is 0 Å². The molecule has 0 N–H and O–H groups in total. The van der Waals surface area contributed by atoms with Crippen molar-refractivity contribution in [2.75, 3.05) is 4.90 Å². The largest absolute Gasteiger partial charge is 0.358 e. The number of benzene rings is 3. The molecule has 2 amide bonds. The smallest absolute Gasteiger partial charge is 0.271 e. The third-order valence-electron chi connectivity index (χ3n) is 7.16. The number of carbonyl (C=O) groups is 3. The highest BCUT2D eigenvalue weighted by Gasteiger charge is 2.64. The van der Waals surface area contributed by atoms with E-state index in [1.165, 1.54) is 24.3 Å². The molecule has 3 aliphatic heterocycles. The topological polar surface area (TPSA) is 101 Å². The van der Waals surface area contributed by atoms with Crippen LogP contribution in [0.25, 0.3) is 6.08 Å². The van der Waals surface area contributed by atoms with Gasteiger partial charge in [0.05, 0.1) is 28.5 Å². The Balaban J connectivity index is 1.49. The summed E-state index contributed by atoms with van der Waals surface area (Å²) in [4.78, 5) is 55.1. The second kappa shape index (κ2) is 8.13. The van der Waals surface area contributed by atoms with E-state index in [1.807, 2.05) is 35.2 Å². The van der Waals surface area contributed by atoms with Crippen LogP contribution < -0.4 is 4.90 Å². The van der Waals surface area contributed by atoms with Crippen LogP contribution >= 0.6 is 11.6 Å². The lowest BCUT2D eigenvalue weighted by molar-refractivity contribution is -0.384. The zero-order valence-electron chi connectivity index (χ0n) is 18.7. The maximum absolute atomic E-state index is 13.8. The summed E-state index contributed by atoms with van der Waals surface area (Å²) in [7, 11) is 0. The number of nitro benzene ring substituents is 1. The number of anilines is 1. The number of Topliss-reactive ketones (excluding diaryl/α,β-unsaturated/α-hetero) is 1. The van der Waals surface area contributed by atoms with Crippen molar-refractivity contribution in [3.63, 3.8) is 0 Å². The van der Waals surface area contributed by atoms with Gasteiger partial charge in [0.25, 0.3) is 5.69 Å². The molecule has 6 rings (SSSR count). The molecule has 3 aromatic carbocycles. The zero-order chi connectivity index (χ0) is 25.1. The number of nitrogens with zero attached hydrogens (tertiary/aromatic N) is 3. The summed E-state index contributed by atoms with van der Waals surface area (Å²) in [6, 6.07) is 18.0. The maximum Gasteiger partial charge on any atom is 0.271 e. The number of amides is 2. The summed E-state index contributed by atoms with van der Waals surface area (Å²) < 4.78 is 0. The molecule has 0 bridgehead atoms. The molecular formula is C27H18ClN3O5. The van der Waals surface area contributed by atoms with Crippen LogP contribution in [0.1, 0.15) is 27.5 Å². The Kier molecular flexibility index (Phi) is 5.01. The normalized spacial score (nSPS) is 23.9. The number of fused-ring (bicyclic) bond motifs is 5. The average molecular weight is 500 g/mol. The molecule has 36 heavy (non-hydrogen) atoms. The van der Waals surface area contributed by atoms with Crippen molar-refractivity contribution >= 4 is 46.6 Å². The third-order valence-corrected chi connectivity index (χ3v) is 7.41. The van der Waals surface area contributed by atoms with Gasteiger partial charge in [-0.25, -0.2) is 4.90 Å². The van der Waals surface area contributed by atoms with Crippen molar-refractivity contribution in [3.05, 3.63) is 111 Å². The summed E-state index contributed by atoms with van der Waals surface area (Å²) in [6.07, 6.45) is 3.66. The van der Waals surface area contributed by atoms with E-state index in [2.05, 4.69) is 0 Å². The van der Waals surface area contributed by atoms with E-state index in [1.54, 1.807) is 30.5 Å². The standard InChI is InChI=1S/C27H18ClN3O5/c28-17-10-8-16(9-11-17)25(32)24-22-21(23-20-7-2-1-4-15(20)12-13-29(23)24)26(33)30(27(22)34)18-5-3-6-19(14-18)31(35)36/h1-14,21-24H/t21-,22-,23-,24+/m1/s1. The van der Waals surface area contributed by atoms with E-state index in [0.717, 1.165) is 16.0 Å². The lowest BCUT2D eigenvalue weighted by atomic mass is 9.83. The minimum absolute atomic E-state index is 0.123. The van der Waals surface area contributed by atoms with E-state index in [0.29, 0.717) is 10.6 Å². The minimum atomic E-state index is -0.958. The Morgan fingerprint density at radius 3 is 2.39 bits per heavy atom. The molecule has 0 radical (unpaired) electrons. The van der Waals surface area contributed by atoms with Crippen molar-refractivity contribution < 1.29 is 19.3 Å². The first-order valence-corrected chi connectivity index (χ1v) is 11.7. The SMILES string of the molecule is O=C(c1ccc(Cl)cc1)[C@@H]1[C@@H]2C(=O)N(c3cccc([N+](=O)[O-])c3)C(=O)[C@H]2[C@H]2c3ccccc3C=CN12. The molecule has 0 unspecified atom stereocenters. The fourth-order valence-electron chi connectivity index (χ4n) is 5.64. The monoisotopic (exact) mass is 499 g/mol.